The first kappa shape index (κ1) is 27.4. The van der Waals surface area contributed by atoms with Gasteiger partial charge < -0.3 is 14.9 Å². The Hall–Kier alpha value is -4.73. The normalized spacial score (nSPS) is 14.8. The van der Waals surface area contributed by atoms with Crippen molar-refractivity contribution < 1.29 is 14.3 Å². The Bertz CT molecular complexity index is 1810. The van der Waals surface area contributed by atoms with Crippen molar-refractivity contribution in [3.63, 3.8) is 0 Å². The average molecular weight is 583 g/mol. The largest absolute Gasteiger partial charge is 0.391 e. The molecule has 0 aliphatic carbocycles. The van der Waals surface area contributed by atoms with Crippen LogP contribution in [0.25, 0.3) is 28.2 Å². The molecule has 0 saturated carbocycles. The number of hydrogen-bond acceptors (Lipinski definition) is 9. The number of carbonyl (C=O) groups is 1. The third-order valence-electron chi connectivity index (χ3n) is 7.29. The number of hydrogen-bond donors (Lipinski definition) is 1. The van der Waals surface area contributed by atoms with Crippen molar-refractivity contribution in [1.29, 1.82) is 5.26 Å². The van der Waals surface area contributed by atoms with Crippen LogP contribution in [-0.4, -0.2) is 66.5 Å². The Kier molecular flexibility index (Phi) is 7.36. The maximum atomic E-state index is 13.5. The maximum absolute atomic E-state index is 13.5. The number of amides is 1. The summed E-state index contributed by atoms with van der Waals surface area (Å²) in [6.45, 7) is 2.94. The summed E-state index contributed by atoms with van der Waals surface area (Å²) in [5, 5.41) is 20.1. The Morgan fingerprint density at radius 2 is 1.95 bits per heavy atom. The van der Waals surface area contributed by atoms with E-state index in [1.165, 1.54) is 23.5 Å². The highest BCUT2D eigenvalue weighted by Crippen LogP contribution is 2.37. The van der Waals surface area contributed by atoms with E-state index in [1.54, 1.807) is 29.4 Å². The molecule has 1 saturated heterocycles. The lowest BCUT2D eigenvalue weighted by Crippen LogP contribution is -2.31. The highest BCUT2D eigenvalue weighted by molar-refractivity contribution is 7.16. The molecule has 0 bridgehead atoms. The van der Waals surface area contributed by atoms with E-state index in [1.807, 2.05) is 41.6 Å². The topological polar surface area (TPSA) is 124 Å². The van der Waals surface area contributed by atoms with E-state index in [4.69, 9.17) is 9.97 Å². The third kappa shape index (κ3) is 5.20. The third-order valence-corrected chi connectivity index (χ3v) is 8.32. The Labute approximate surface area is 245 Å². The summed E-state index contributed by atoms with van der Waals surface area (Å²) in [7, 11) is 1.88. The van der Waals surface area contributed by atoms with Gasteiger partial charge in [0.1, 0.15) is 33.9 Å². The number of anilines is 2. The summed E-state index contributed by atoms with van der Waals surface area (Å²) >= 11 is 1.26. The van der Waals surface area contributed by atoms with Crippen molar-refractivity contribution in [2.45, 2.75) is 32.3 Å². The van der Waals surface area contributed by atoms with E-state index in [-0.39, 0.29) is 18.1 Å². The van der Waals surface area contributed by atoms with Crippen molar-refractivity contribution in [3.8, 4) is 28.6 Å². The van der Waals surface area contributed by atoms with Crippen LogP contribution in [0.5, 0.6) is 0 Å². The van der Waals surface area contributed by atoms with Crippen molar-refractivity contribution in [3.05, 3.63) is 77.1 Å². The SMILES string of the molecule is CCc1nc2ccc(-c3cnc(CC(=O)N4CC[C@H](O)C4)cn3)cn2c1N(C)c1nc(-c2ccc(F)cc2)c(C#N)s1. The van der Waals surface area contributed by atoms with Crippen molar-refractivity contribution >= 4 is 33.8 Å². The van der Waals surface area contributed by atoms with E-state index in [2.05, 4.69) is 16.0 Å². The zero-order valence-electron chi connectivity index (χ0n) is 23.0. The molecule has 1 atom stereocenters. The maximum Gasteiger partial charge on any atom is 0.228 e. The summed E-state index contributed by atoms with van der Waals surface area (Å²) in [6, 6.07) is 12.0. The standard InChI is InChI=1S/C30H27FN8O2S/c1-3-23-29(37(2)30-36-28(25(13-32)42-30)18-4-7-20(31)8-5-18)39-16-19(6-9-26(39)35-23)24-15-33-21(14-34-24)12-27(41)38-11-10-22(40)17-38/h4-9,14-16,22,40H,3,10-12,17H2,1-2H3/t22-/m0/s1. The van der Waals surface area contributed by atoms with Gasteiger partial charge in [0.2, 0.25) is 5.91 Å². The van der Waals surface area contributed by atoms with Crippen LogP contribution in [0.4, 0.5) is 15.3 Å². The molecule has 1 fully saturated rings. The molecule has 42 heavy (non-hydrogen) atoms. The van der Waals surface area contributed by atoms with Crippen LogP contribution in [0.3, 0.4) is 0 Å². The summed E-state index contributed by atoms with van der Waals surface area (Å²) in [5.41, 5.74) is 4.80. The number of aromatic nitrogens is 5. The lowest BCUT2D eigenvalue weighted by Gasteiger charge is -2.17. The minimum absolute atomic E-state index is 0.0717. The molecule has 0 spiro atoms. The predicted molar refractivity (Wildman–Crippen MR) is 157 cm³/mol. The minimum atomic E-state index is -0.460. The molecule has 0 radical (unpaired) electrons. The van der Waals surface area contributed by atoms with Crippen LogP contribution in [-0.2, 0) is 17.6 Å². The minimum Gasteiger partial charge on any atom is -0.391 e. The Morgan fingerprint density at radius 1 is 1.17 bits per heavy atom. The number of nitriles is 1. The van der Waals surface area contributed by atoms with Gasteiger partial charge in [0, 0.05) is 43.7 Å². The number of β-amino-alcohol motifs (C(OH)–C–C–N with tert-alkyl or cyclic N) is 1. The second-order valence-electron chi connectivity index (χ2n) is 10.1. The molecule has 4 aromatic heterocycles. The second kappa shape index (κ2) is 11.3. The lowest BCUT2D eigenvalue weighted by atomic mass is 10.1. The van der Waals surface area contributed by atoms with Crippen LogP contribution < -0.4 is 4.90 Å². The first-order valence-electron chi connectivity index (χ1n) is 13.5. The summed E-state index contributed by atoms with van der Waals surface area (Å²) < 4.78 is 15.5. The lowest BCUT2D eigenvalue weighted by molar-refractivity contribution is -0.129. The van der Waals surface area contributed by atoms with Crippen molar-refractivity contribution in [1.82, 2.24) is 29.2 Å². The second-order valence-corrected chi connectivity index (χ2v) is 11.1. The molecule has 0 unspecified atom stereocenters. The zero-order chi connectivity index (χ0) is 29.4. The van der Waals surface area contributed by atoms with Crippen LogP contribution in [0, 0.1) is 17.1 Å². The molecular formula is C30H27FN8O2S. The zero-order valence-corrected chi connectivity index (χ0v) is 23.8. The van der Waals surface area contributed by atoms with Gasteiger partial charge >= 0.3 is 0 Å². The molecule has 1 aliphatic heterocycles. The first-order valence-corrected chi connectivity index (χ1v) is 14.3. The van der Waals surface area contributed by atoms with Gasteiger partial charge in [-0.15, -0.1) is 0 Å². The van der Waals surface area contributed by atoms with Gasteiger partial charge in [-0.2, -0.15) is 5.26 Å². The number of aliphatic hydroxyl groups is 1. The Morgan fingerprint density at radius 3 is 2.62 bits per heavy atom. The molecule has 10 nitrogen and oxygen atoms in total. The number of imidazole rings is 1. The monoisotopic (exact) mass is 582 g/mol. The number of aryl methyl sites for hydroxylation is 1. The van der Waals surface area contributed by atoms with Gasteiger partial charge in [0.25, 0.3) is 0 Å². The number of benzene rings is 1. The van der Waals surface area contributed by atoms with Crippen LogP contribution in [0.2, 0.25) is 0 Å². The number of carbonyl (C=O) groups excluding carboxylic acids is 1. The average Bonchev–Trinajstić information content (AvgIpc) is 3.73. The quantitative estimate of drug-likeness (QED) is 0.300. The number of halogens is 1. The Balaban J connectivity index is 1.30. The van der Waals surface area contributed by atoms with Gasteiger partial charge in [-0.05, 0) is 49.2 Å². The number of pyridine rings is 1. The van der Waals surface area contributed by atoms with Gasteiger partial charge in [-0.25, -0.2) is 14.4 Å². The van der Waals surface area contributed by atoms with E-state index in [9.17, 15) is 19.6 Å². The molecule has 6 rings (SSSR count). The predicted octanol–water partition coefficient (Wildman–Crippen LogP) is 4.39. The molecule has 212 valence electrons. The van der Waals surface area contributed by atoms with Gasteiger partial charge in [-0.1, -0.05) is 18.3 Å². The van der Waals surface area contributed by atoms with Crippen LogP contribution in [0.1, 0.15) is 29.6 Å². The molecule has 5 heterocycles. The number of thiazole rings is 1. The van der Waals surface area contributed by atoms with Crippen molar-refractivity contribution in [2.24, 2.45) is 0 Å². The molecular weight excluding hydrogens is 555 g/mol. The molecule has 1 aromatic carbocycles. The highest BCUT2D eigenvalue weighted by atomic mass is 32.1. The van der Waals surface area contributed by atoms with Gasteiger partial charge in [0.05, 0.1) is 35.8 Å². The van der Waals surface area contributed by atoms with Gasteiger partial charge in [0.15, 0.2) is 5.13 Å². The number of nitrogens with zero attached hydrogens (tertiary/aromatic N) is 8. The van der Waals surface area contributed by atoms with Crippen LogP contribution in [0.15, 0.2) is 55.0 Å². The molecule has 12 heteroatoms. The summed E-state index contributed by atoms with van der Waals surface area (Å²) in [5.74, 6) is 0.383. The van der Waals surface area contributed by atoms with Crippen LogP contribution >= 0.6 is 11.3 Å². The number of likely N-dealkylation sites (tertiary alicyclic amines) is 1. The fourth-order valence-corrected chi connectivity index (χ4v) is 5.93. The summed E-state index contributed by atoms with van der Waals surface area (Å²) in [4.78, 5) is 35.2. The molecule has 5 aromatic rings. The van der Waals surface area contributed by atoms with E-state index in [0.29, 0.717) is 58.6 Å². The van der Waals surface area contributed by atoms with Gasteiger partial charge in [-0.3, -0.25) is 19.2 Å². The smallest absolute Gasteiger partial charge is 0.228 e. The van der Waals surface area contributed by atoms with Crippen molar-refractivity contribution in [2.75, 3.05) is 25.0 Å². The molecule has 1 N–H and O–H groups in total. The van der Waals surface area contributed by atoms with E-state index < -0.39 is 6.10 Å². The summed E-state index contributed by atoms with van der Waals surface area (Å²) in [6.07, 6.45) is 6.15. The van der Waals surface area contributed by atoms with E-state index >= 15 is 0 Å². The molecule has 1 amide bonds. The number of aliphatic hydroxyl groups excluding tert-OH is 1. The first-order chi connectivity index (χ1) is 20.3. The fraction of sp³-hybridized carbons (Fsp3) is 0.267. The highest BCUT2D eigenvalue weighted by Gasteiger charge is 2.25. The van der Waals surface area contributed by atoms with E-state index in [0.717, 1.165) is 22.7 Å². The molecule has 1 aliphatic rings. The number of rotatable bonds is 7. The fourth-order valence-electron chi connectivity index (χ4n) is 5.08. The number of fused-ring (bicyclic) bond motifs is 1.